The first kappa shape index (κ1) is 12.3. The van der Waals surface area contributed by atoms with Crippen LogP contribution in [0.1, 0.15) is 24.8 Å². The molecule has 1 aliphatic rings. The van der Waals surface area contributed by atoms with Gasteiger partial charge in [0.25, 0.3) is 0 Å². The van der Waals surface area contributed by atoms with Gasteiger partial charge in [0.15, 0.2) is 0 Å². The summed E-state index contributed by atoms with van der Waals surface area (Å²) in [6.07, 6.45) is 2.99. The van der Waals surface area contributed by atoms with Crippen molar-refractivity contribution >= 4 is 11.6 Å². The molecule has 4 heteroatoms. The molecule has 17 heavy (non-hydrogen) atoms. The molecular weight excluding hydrogens is 239 g/mol. The highest BCUT2D eigenvalue weighted by molar-refractivity contribution is 6.31. The fraction of sp³-hybridized carbons (Fsp3) is 0.462. The van der Waals surface area contributed by atoms with Gasteiger partial charge in [-0.25, -0.2) is 4.39 Å². The second-order valence-corrected chi connectivity index (χ2v) is 4.72. The fourth-order valence-corrected chi connectivity index (χ4v) is 2.44. The summed E-state index contributed by atoms with van der Waals surface area (Å²) in [4.78, 5) is 2.01. The van der Waals surface area contributed by atoms with Crippen LogP contribution in [0, 0.1) is 17.1 Å². The number of hydrogen-bond acceptors (Lipinski definition) is 2. The van der Waals surface area contributed by atoms with E-state index in [-0.39, 0.29) is 11.9 Å². The minimum atomic E-state index is -0.292. The molecule has 1 aromatic rings. The second kappa shape index (κ2) is 5.48. The van der Waals surface area contributed by atoms with Crippen LogP contribution >= 0.6 is 11.6 Å². The van der Waals surface area contributed by atoms with Gasteiger partial charge in [0.05, 0.1) is 12.1 Å². The summed E-state index contributed by atoms with van der Waals surface area (Å²) in [5, 5.41) is 9.50. The van der Waals surface area contributed by atoms with Gasteiger partial charge in [-0.15, -0.1) is 0 Å². The Kier molecular flexibility index (Phi) is 3.98. The van der Waals surface area contributed by atoms with Gasteiger partial charge in [0.2, 0.25) is 0 Å². The summed E-state index contributed by atoms with van der Waals surface area (Å²) < 4.78 is 13.6. The molecule has 1 saturated heterocycles. The van der Waals surface area contributed by atoms with Crippen molar-refractivity contribution in [2.45, 2.75) is 31.8 Å². The van der Waals surface area contributed by atoms with Crippen LogP contribution in [0.5, 0.6) is 0 Å². The van der Waals surface area contributed by atoms with E-state index in [0.717, 1.165) is 25.8 Å². The van der Waals surface area contributed by atoms with Crippen LogP contribution in [-0.4, -0.2) is 17.5 Å². The van der Waals surface area contributed by atoms with E-state index in [1.807, 2.05) is 4.90 Å². The SMILES string of the molecule is N#CC1CCCCN1Cc1c(F)cccc1Cl. The zero-order valence-corrected chi connectivity index (χ0v) is 10.3. The zero-order valence-electron chi connectivity index (χ0n) is 9.50. The molecule has 1 aromatic carbocycles. The molecule has 1 unspecified atom stereocenters. The van der Waals surface area contributed by atoms with E-state index in [4.69, 9.17) is 16.9 Å². The Morgan fingerprint density at radius 1 is 1.47 bits per heavy atom. The summed E-state index contributed by atoms with van der Waals surface area (Å²) in [6.45, 7) is 1.26. The van der Waals surface area contributed by atoms with Gasteiger partial charge in [-0.1, -0.05) is 17.7 Å². The van der Waals surface area contributed by atoms with Gasteiger partial charge >= 0.3 is 0 Å². The molecule has 0 aromatic heterocycles. The molecule has 1 aliphatic heterocycles. The lowest BCUT2D eigenvalue weighted by atomic mass is 10.0. The van der Waals surface area contributed by atoms with Crippen molar-refractivity contribution in [2.75, 3.05) is 6.54 Å². The normalized spacial score (nSPS) is 21.1. The topological polar surface area (TPSA) is 27.0 Å². The molecule has 1 fully saturated rings. The Balaban J connectivity index is 2.17. The van der Waals surface area contributed by atoms with Crippen molar-refractivity contribution in [3.8, 4) is 6.07 Å². The molecule has 1 atom stereocenters. The Morgan fingerprint density at radius 3 is 3.00 bits per heavy atom. The van der Waals surface area contributed by atoms with Crippen LogP contribution in [0.4, 0.5) is 4.39 Å². The van der Waals surface area contributed by atoms with E-state index in [0.29, 0.717) is 17.1 Å². The number of benzene rings is 1. The molecule has 0 radical (unpaired) electrons. The predicted molar refractivity (Wildman–Crippen MR) is 65.1 cm³/mol. The second-order valence-electron chi connectivity index (χ2n) is 4.31. The van der Waals surface area contributed by atoms with Gasteiger partial charge in [0, 0.05) is 17.1 Å². The van der Waals surface area contributed by atoms with Crippen LogP contribution in [0.15, 0.2) is 18.2 Å². The average molecular weight is 253 g/mol. The molecule has 0 bridgehead atoms. The van der Waals surface area contributed by atoms with E-state index in [1.165, 1.54) is 6.07 Å². The molecular formula is C13H14ClFN2. The van der Waals surface area contributed by atoms with Gasteiger partial charge < -0.3 is 0 Å². The van der Waals surface area contributed by atoms with E-state index in [9.17, 15) is 4.39 Å². The fourth-order valence-electron chi connectivity index (χ4n) is 2.21. The Hall–Kier alpha value is -1.11. The van der Waals surface area contributed by atoms with Gasteiger partial charge in [0.1, 0.15) is 5.82 Å². The van der Waals surface area contributed by atoms with Crippen LogP contribution < -0.4 is 0 Å². The van der Waals surface area contributed by atoms with Crippen LogP contribution in [0.3, 0.4) is 0 Å². The molecule has 90 valence electrons. The van der Waals surface area contributed by atoms with Crippen LogP contribution in [-0.2, 0) is 6.54 Å². The van der Waals surface area contributed by atoms with E-state index >= 15 is 0 Å². The lowest BCUT2D eigenvalue weighted by molar-refractivity contribution is 0.174. The highest BCUT2D eigenvalue weighted by Crippen LogP contribution is 2.24. The maximum Gasteiger partial charge on any atom is 0.129 e. The number of nitrogens with zero attached hydrogens (tertiary/aromatic N) is 2. The molecule has 2 rings (SSSR count). The molecule has 2 nitrogen and oxygen atoms in total. The zero-order chi connectivity index (χ0) is 12.3. The first-order valence-electron chi connectivity index (χ1n) is 5.79. The van der Waals surface area contributed by atoms with E-state index < -0.39 is 0 Å². The number of halogens is 2. The third kappa shape index (κ3) is 2.77. The smallest absolute Gasteiger partial charge is 0.129 e. The van der Waals surface area contributed by atoms with Gasteiger partial charge in [-0.05, 0) is 37.9 Å². The molecule has 0 N–H and O–H groups in total. The quantitative estimate of drug-likeness (QED) is 0.807. The highest BCUT2D eigenvalue weighted by atomic mass is 35.5. The predicted octanol–water partition coefficient (Wildman–Crippen LogP) is 3.36. The van der Waals surface area contributed by atoms with E-state index in [2.05, 4.69) is 6.07 Å². The largest absolute Gasteiger partial charge is 0.284 e. The summed E-state index contributed by atoms with van der Waals surface area (Å²) in [6, 6.07) is 6.85. The minimum Gasteiger partial charge on any atom is -0.284 e. The summed E-state index contributed by atoms with van der Waals surface area (Å²) in [7, 11) is 0. The Labute approximate surface area is 106 Å². The molecule has 0 aliphatic carbocycles. The van der Waals surface area contributed by atoms with E-state index in [1.54, 1.807) is 12.1 Å². The van der Waals surface area contributed by atoms with Crippen molar-refractivity contribution in [3.05, 3.63) is 34.6 Å². The number of likely N-dealkylation sites (tertiary alicyclic amines) is 1. The van der Waals surface area contributed by atoms with Crippen molar-refractivity contribution in [1.82, 2.24) is 4.90 Å². The first-order chi connectivity index (χ1) is 8.22. The van der Waals surface area contributed by atoms with Crippen molar-refractivity contribution in [2.24, 2.45) is 0 Å². The van der Waals surface area contributed by atoms with Gasteiger partial charge in [-0.2, -0.15) is 5.26 Å². The highest BCUT2D eigenvalue weighted by Gasteiger charge is 2.23. The van der Waals surface area contributed by atoms with Crippen LogP contribution in [0.25, 0.3) is 0 Å². The molecule has 0 spiro atoms. The van der Waals surface area contributed by atoms with Crippen molar-refractivity contribution < 1.29 is 4.39 Å². The lowest BCUT2D eigenvalue weighted by Gasteiger charge is -2.31. The number of piperidine rings is 1. The minimum absolute atomic E-state index is 0.112. The van der Waals surface area contributed by atoms with Crippen molar-refractivity contribution in [1.29, 1.82) is 5.26 Å². The third-order valence-electron chi connectivity index (χ3n) is 3.19. The molecule has 0 saturated carbocycles. The third-order valence-corrected chi connectivity index (χ3v) is 3.54. The number of nitriles is 1. The average Bonchev–Trinajstić information content (AvgIpc) is 2.34. The lowest BCUT2D eigenvalue weighted by Crippen LogP contribution is -2.38. The number of rotatable bonds is 2. The Morgan fingerprint density at radius 2 is 2.29 bits per heavy atom. The maximum absolute atomic E-state index is 13.6. The Bertz CT molecular complexity index is 421. The summed E-state index contributed by atoms with van der Waals surface area (Å²) in [5.74, 6) is -0.292. The monoisotopic (exact) mass is 252 g/mol. The standard InChI is InChI=1S/C13H14ClFN2/c14-12-5-3-6-13(15)11(12)9-17-7-2-1-4-10(17)8-16/h3,5-6,10H,1-2,4,7,9H2. The summed E-state index contributed by atoms with van der Waals surface area (Å²) >= 11 is 5.99. The molecule has 0 amide bonds. The van der Waals surface area contributed by atoms with Crippen molar-refractivity contribution in [3.63, 3.8) is 0 Å². The first-order valence-corrected chi connectivity index (χ1v) is 6.16. The number of hydrogen-bond donors (Lipinski definition) is 0. The van der Waals surface area contributed by atoms with Crippen LogP contribution in [0.2, 0.25) is 5.02 Å². The van der Waals surface area contributed by atoms with Gasteiger partial charge in [-0.3, -0.25) is 4.90 Å². The maximum atomic E-state index is 13.6. The molecule has 1 heterocycles. The summed E-state index contributed by atoms with van der Waals surface area (Å²) in [5.41, 5.74) is 0.497.